The molecule has 1 amide bonds. The maximum absolute atomic E-state index is 12.8. The van der Waals surface area contributed by atoms with Gasteiger partial charge in [-0.2, -0.15) is 0 Å². The topological polar surface area (TPSA) is 84.9 Å². The molecule has 2 aromatic rings. The molecule has 7 nitrogen and oxygen atoms in total. The molecule has 0 aliphatic carbocycles. The second-order valence-corrected chi connectivity index (χ2v) is 9.07. The number of hydrogen-bond acceptors (Lipinski definition) is 5. The number of ether oxygens (including phenoxy) is 2. The summed E-state index contributed by atoms with van der Waals surface area (Å²) in [6.07, 6.45) is 0.694. The molecule has 156 valence electrons. The lowest BCUT2D eigenvalue weighted by atomic mass is 10.0. The van der Waals surface area contributed by atoms with Crippen LogP contribution in [0, 0.1) is 6.92 Å². The molecule has 8 heteroatoms. The SMILES string of the molecule is CCC(NC(=O)CN(c1ccc2c(c1)OCO2)S(=O)(=O)CC)c1ccc(C)cc1. The molecular formula is C21H26N2O5S. The molecule has 1 aliphatic heterocycles. The van der Waals surface area contributed by atoms with Crippen molar-refractivity contribution in [2.45, 2.75) is 33.2 Å². The zero-order valence-corrected chi connectivity index (χ0v) is 17.7. The molecule has 0 fully saturated rings. The highest BCUT2D eigenvalue weighted by molar-refractivity contribution is 7.92. The van der Waals surface area contributed by atoms with Crippen molar-refractivity contribution in [1.29, 1.82) is 0 Å². The van der Waals surface area contributed by atoms with Crippen LogP contribution in [0.4, 0.5) is 5.69 Å². The molecule has 0 spiro atoms. The Morgan fingerprint density at radius 2 is 1.79 bits per heavy atom. The van der Waals surface area contributed by atoms with E-state index >= 15 is 0 Å². The van der Waals surface area contributed by atoms with E-state index in [4.69, 9.17) is 9.47 Å². The summed E-state index contributed by atoms with van der Waals surface area (Å²) < 4.78 is 37.1. The molecule has 0 saturated carbocycles. The Bertz CT molecular complexity index is 973. The second-order valence-electron chi connectivity index (χ2n) is 6.88. The van der Waals surface area contributed by atoms with Gasteiger partial charge in [-0.1, -0.05) is 36.8 Å². The van der Waals surface area contributed by atoms with Crippen LogP contribution in [0.2, 0.25) is 0 Å². The summed E-state index contributed by atoms with van der Waals surface area (Å²) in [7, 11) is -3.66. The van der Waals surface area contributed by atoms with E-state index in [1.54, 1.807) is 25.1 Å². The van der Waals surface area contributed by atoms with Gasteiger partial charge < -0.3 is 14.8 Å². The van der Waals surface area contributed by atoms with Crippen molar-refractivity contribution < 1.29 is 22.7 Å². The summed E-state index contributed by atoms with van der Waals surface area (Å²) in [5.74, 6) is 0.527. The first-order valence-corrected chi connectivity index (χ1v) is 11.2. The lowest BCUT2D eigenvalue weighted by Gasteiger charge is -2.25. The summed E-state index contributed by atoms with van der Waals surface area (Å²) in [6, 6.07) is 12.6. The van der Waals surface area contributed by atoms with Gasteiger partial charge in [0.2, 0.25) is 22.7 Å². The van der Waals surface area contributed by atoms with E-state index in [0.717, 1.165) is 15.4 Å². The Labute approximate surface area is 171 Å². The third-order valence-electron chi connectivity index (χ3n) is 4.86. The molecular weight excluding hydrogens is 392 g/mol. The maximum Gasteiger partial charge on any atom is 0.241 e. The molecule has 2 aromatic carbocycles. The number of benzene rings is 2. The van der Waals surface area contributed by atoms with E-state index in [2.05, 4.69) is 5.32 Å². The predicted octanol–water partition coefficient (Wildman–Crippen LogP) is 3.15. The molecule has 0 aromatic heterocycles. The molecule has 1 N–H and O–H groups in total. The highest BCUT2D eigenvalue weighted by Crippen LogP contribution is 2.36. The van der Waals surface area contributed by atoms with Crippen molar-refractivity contribution in [3.8, 4) is 11.5 Å². The number of nitrogens with one attached hydrogen (secondary N) is 1. The Hall–Kier alpha value is -2.74. The van der Waals surface area contributed by atoms with Gasteiger partial charge in [-0.3, -0.25) is 9.10 Å². The van der Waals surface area contributed by atoms with E-state index in [9.17, 15) is 13.2 Å². The van der Waals surface area contributed by atoms with Crippen LogP contribution in [0.25, 0.3) is 0 Å². The number of rotatable bonds is 8. The smallest absolute Gasteiger partial charge is 0.241 e. The number of carbonyl (C=O) groups excluding carboxylic acids is 1. The molecule has 1 atom stereocenters. The molecule has 0 radical (unpaired) electrons. The maximum atomic E-state index is 12.8. The normalized spacial score (nSPS) is 13.8. The standard InChI is InChI=1S/C21H26N2O5S/c1-4-18(16-8-6-15(3)7-9-16)22-21(24)13-23(29(25,26)5-2)17-10-11-19-20(12-17)28-14-27-19/h6-12,18H,4-5,13-14H2,1-3H3,(H,22,24). The van der Waals surface area contributed by atoms with Crippen LogP contribution in [0.15, 0.2) is 42.5 Å². The van der Waals surface area contributed by atoms with Gasteiger partial charge in [-0.05, 0) is 38.0 Å². The number of carbonyl (C=O) groups is 1. The van der Waals surface area contributed by atoms with Crippen LogP contribution in [0.5, 0.6) is 11.5 Å². The lowest BCUT2D eigenvalue weighted by molar-refractivity contribution is -0.120. The van der Waals surface area contributed by atoms with E-state index in [0.29, 0.717) is 23.6 Å². The van der Waals surface area contributed by atoms with Crippen molar-refractivity contribution in [1.82, 2.24) is 5.32 Å². The largest absolute Gasteiger partial charge is 0.454 e. The average Bonchev–Trinajstić information content (AvgIpc) is 3.18. The monoisotopic (exact) mass is 418 g/mol. The van der Waals surface area contributed by atoms with Crippen LogP contribution >= 0.6 is 0 Å². The summed E-state index contributed by atoms with van der Waals surface area (Å²) in [5, 5.41) is 2.95. The van der Waals surface area contributed by atoms with E-state index in [1.807, 2.05) is 38.1 Å². The molecule has 1 unspecified atom stereocenters. The van der Waals surface area contributed by atoms with Crippen LogP contribution in [-0.4, -0.2) is 33.4 Å². The molecule has 3 rings (SSSR count). The van der Waals surface area contributed by atoms with Crippen LogP contribution in [0.1, 0.15) is 37.4 Å². The van der Waals surface area contributed by atoms with Gasteiger partial charge >= 0.3 is 0 Å². The summed E-state index contributed by atoms with van der Waals surface area (Å²) in [6.45, 7) is 5.31. The Kier molecular flexibility index (Phi) is 6.32. The molecule has 1 aliphatic rings. The van der Waals surface area contributed by atoms with E-state index in [1.165, 1.54) is 0 Å². The minimum absolute atomic E-state index is 0.0918. The number of fused-ring (bicyclic) bond motifs is 1. The fourth-order valence-corrected chi connectivity index (χ4v) is 4.20. The van der Waals surface area contributed by atoms with Gasteiger partial charge in [0.05, 0.1) is 17.5 Å². The summed E-state index contributed by atoms with van der Waals surface area (Å²) in [4.78, 5) is 12.8. The van der Waals surface area contributed by atoms with Crippen LogP contribution in [-0.2, 0) is 14.8 Å². The molecule has 0 bridgehead atoms. The highest BCUT2D eigenvalue weighted by Gasteiger charge is 2.26. The third-order valence-corrected chi connectivity index (χ3v) is 6.60. The summed E-state index contributed by atoms with van der Waals surface area (Å²) >= 11 is 0. The number of nitrogens with zero attached hydrogens (tertiary/aromatic N) is 1. The fraction of sp³-hybridized carbons (Fsp3) is 0.381. The van der Waals surface area contributed by atoms with Crippen LogP contribution in [0.3, 0.4) is 0 Å². The Balaban J connectivity index is 1.80. The van der Waals surface area contributed by atoms with Crippen molar-refractivity contribution in [2.24, 2.45) is 0 Å². The van der Waals surface area contributed by atoms with E-state index < -0.39 is 10.0 Å². The first-order valence-electron chi connectivity index (χ1n) is 9.60. The highest BCUT2D eigenvalue weighted by atomic mass is 32.2. The van der Waals surface area contributed by atoms with Gasteiger partial charge in [-0.25, -0.2) is 8.42 Å². The fourth-order valence-electron chi connectivity index (χ4n) is 3.14. The van der Waals surface area contributed by atoms with Gasteiger partial charge in [0.15, 0.2) is 11.5 Å². The predicted molar refractivity (Wildman–Crippen MR) is 112 cm³/mol. The quantitative estimate of drug-likeness (QED) is 0.712. The third kappa shape index (κ3) is 4.82. The summed E-state index contributed by atoms with van der Waals surface area (Å²) in [5.41, 5.74) is 2.49. The average molecular weight is 419 g/mol. The minimum atomic E-state index is -3.66. The minimum Gasteiger partial charge on any atom is -0.454 e. The van der Waals surface area contributed by atoms with Crippen molar-refractivity contribution in [2.75, 3.05) is 23.4 Å². The van der Waals surface area contributed by atoms with Crippen LogP contribution < -0.4 is 19.1 Å². The van der Waals surface area contributed by atoms with Gasteiger partial charge in [0, 0.05) is 6.07 Å². The zero-order chi connectivity index (χ0) is 21.0. The molecule has 29 heavy (non-hydrogen) atoms. The first kappa shape index (κ1) is 21.0. The van der Waals surface area contributed by atoms with Gasteiger partial charge in [0.25, 0.3) is 0 Å². The number of hydrogen-bond donors (Lipinski definition) is 1. The first-order chi connectivity index (χ1) is 13.8. The Morgan fingerprint density at radius 3 is 2.45 bits per heavy atom. The lowest BCUT2D eigenvalue weighted by Crippen LogP contribution is -2.42. The molecule has 1 heterocycles. The Morgan fingerprint density at radius 1 is 1.10 bits per heavy atom. The number of sulfonamides is 1. The van der Waals surface area contributed by atoms with E-state index in [-0.39, 0.29) is 31.0 Å². The van der Waals surface area contributed by atoms with Crippen molar-refractivity contribution >= 4 is 21.6 Å². The van der Waals surface area contributed by atoms with Crippen molar-refractivity contribution in [3.63, 3.8) is 0 Å². The van der Waals surface area contributed by atoms with Gasteiger partial charge in [0.1, 0.15) is 6.54 Å². The number of anilines is 1. The zero-order valence-electron chi connectivity index (χ0n) is 16.8. The van der Waals surface area contributed by atoms with Crippen molar-refractivity contribution in [3.05, 3.63) is 53.6 Å². The van der Waals surface area contributed by atoms with Gasteiger partial charge in [-0.15, -0.1) is 0 Å². The number of aryl methyl sites for hydroxylation is 1. The molecule has 0 saturated heterocycles. The number of amides is 1. The second kappa shape index (κ2) is 8.73.